The van der Waals surface area contributed by atoms with Crippen LogP contribution in [-0.2, 0) is 0 Å². The Morgan fingerprint density at radius 3 is 0.933 bits per heavy atom. The van der Waals surface area contributed by atoms with Gasteiger partial charge in [-0.05, 0) is 37.1 Å². The van der Waals surface area contributed by atoms with Gasteiger partial charge in [-0.25, -0.2) is 43.9 Å². The summed E-state index contributed by atoms with van der Waals surface area (Å²) in [5, 5.41) is 0. The third-order valence-corrected chi connectivity index (χ3v) is 11.5. The number of halogens is 16. The highest BCUT2D eigenvalue weighted by molar-refractivity contribution is 8.14. The van der Waals surface area contributed by atoms with Crippen LogP contribution < -0.4 is 0 Å². The maximum absolute atomic E-state index is 15.3. The summed E-state index contributed by atoms with van der Waals surface area (Å²) in [4.78, 5) is -2.15. The number of benzene rings is 2. The minimum absolute atomic E-state index is 0.00156. The van der Waals surface area contributed by atoms with Crippen molar-refractivity contribution in [2.24, 2.45) is 0 Å². The first-order chi connectivity index (χ1) is 20.5. The Morgan fingerprint density at radius 1 is 0.422 bits per heavy atom. The molecule has 0 radical (unpaired) electrons. The molecular formula is C27H8F16S2. The first-order valence-corrected chi connectivity index (χ1v) is 13.6. The van der Waals surface area contributed by atoms with Crippen molar-refractivity contribution in [3.63, 3.8) is 0 Å². The van der Waals surface area contributed by atoms with E-state index in [1.807, 2.05) is 0 Å². The summed E-state index contributed by atoms with van der Waals surface area (Å²) in [7, 11) is 0. The van der Waals surface area contributed by atoms with Crippen LogP contribution in [0.2, 0.25) is 0 Å². The molecule has 4 aliphatic rings. The molecule has 0 saturated heterocycles. The van der Waals surface area contributed by atoms with E-state index in [2.05, 4.69) is 0 Å². The predicted molar refractivity (Wildman–Crippen MR) is 129 cm³/mol. The molecule has 2 aliphatic heterocycles. The number of rotatable bonds is 2. The van der Waals surface area contributed by atoms with E-state index in [0.717, 1.165) is 13.8 Å². The van der Waals surface area contributed by atoms with E-state index in [4.69, 9.17) is 0 Å². The highest BCUT2D eigenvalue weighted by atomic mass is 32.2. The molecule has 1 saturated carbocycles. The highest BCUT2D eigenvalue weighted by Gasteiger charge is 2.84. The summed E-state index contributed by atoms with van der Waals surface area (Å²) < 4.78 is 229. The van der Waals surface area contributed by atoms with Gasteiger partial charge >= 0.3 is 17.8 Å². The summed E-state index contributed by atoms with van der Waals surface area (Å²) in [6, 6.07) is 0. The van der Waals surface area contributed by atoms with Gasteiger partial charge < -0.3 is 0 Å². The second-order valence-electron chi connectivity index (χ2n) is 10.5. The fourth-order valence-electron chi connectivity index (χ4n) is 5.80. The van der Waals surface area contributed by atoms with Gasteiger partial charge in [0.15, 0.2) is 46.5 Å². The van der Waals surface area contributed by atoms with Crippen LogP contribution in [0.1, 0.15) is 25.0 Å². The Bertz CT molecular complexity index is 1730. The van der Waals surface area contributed by atoms with E-state index in [1.54, 1.807) is 0 Å². The third kappa shape index (κ3) is 3.47. The number of hydrogen-bond acceptors (Lipinski definition) is 2. The molecule has 1 fully saturated rings. The standard InChI is InChI=1S/C27H8F16S2/c1-23-5(3-7(44-23)9-13(28)17(32)21(36)18(33)14(9)29)11-12(26(40,41)27(42,43)25(11,38)39)6-4-8(45-24(6,23)2)10-15(30)19(34)22(37)20(35)16(10)31/h3-4H,1-2H3. The monoisotopic (exact) mass is 700 g/mol. The Hall–Kier alpha value is -3.02. The van der Waals surface area contributed by atoms with Gasteiger partial charge in [0, 0.05) is 21.0 Å². The summed E-state index contributed by atoms with van der Waals surface area (Å²) in [5.41, 5.74) is -10.1. The summed E-state index contributed by atoms with van der Waals surface area (Å²) in [5.74, 6) is -43.0. The van der Waals surface area contributed by atoms with Gasteiger partial charge in [0.1, 0.15) is 0 Å². The summed E-state index contributed by atoms with van der Waals surface area (Å²) >= 11 is 0.00312. The van der Waals surface area contributed by atoms with Crippen LogP contribution in [0.4, 0.5) is 70.2 Å². The van der Waals surface area contributed by atoms with Crippen LogP contribution >= 0.6 is 23.5 Å². The molecule has 2 unspecified atom stereocenters. The van der Waals surface area contributed by atoms with Crippen molar-refractivity contribution < 1.29 is 70.2 Å². The van der Waals surface area contributed by atoms with E-state index in [0.29, 0.717) is 0 Å². The van der Waals surface area contributed by atoms with Crippen LogP contribution in [0.3, 0.4) is 0 Å². The van der Waals surface area contributed by atoms with E-state index < -0.39 is 129 Å². The molecule has 45 heavy (non-hydrogen) atoms. The van der Waals surface area contributed by atoms with E-state index in [1.165, 1.54) is 0 Å². The minimum Gasteiger partial charge on any atom is -0.203 e. The number of alkyl halides is 6. The molecule has 0 spiro atoms. The van der Waals surface area contributed by atoms with Crippen molar-refractivity contribution in [2.75, 3.05) is 0 Å². The molecule has 2 heterocycles. The van der Waals surface area contributed by atoms with Gasteiger partial charge in [0.25, 0.3) is 0 Å². The lowest BCUT2D eigenvalue weighted by Crippen LogP contribution is -2.48. The fourth-order valence-corrected chi connectivity index (χ4v) is 9.00. The van der Waals surface area contributed by atoms with E-state index >= 15 is 17.6 Å². The topological polar surface area (TPSA) is 0 Å². The maximum atomic E-state index is 15.3. The summed E-state index contributed by atoms with van der Waals surface area (Å²) in [6.07, 6.45) is 0.505. The smallest absolute Gasteiger partial charge is 0.203 e. The average molecular weight is 700 g/mol. The number of thioether (sulfide) groups is 2. The van der Waals surface area contributed by atoms with Gasteiger partial charge in [-0.3, -0.25) is 0 Å². The molecule has 0 bridgehead atoms. The SMILES string of the molecule is CC12SC(c3c(F)c(F)c(F)c(F)c3F)=CC1=C1C(=C3C=C(c4c(F)c(F)c(F)c(F)c4F)SC32C)C(F)(F)C(F)(F)C1(F)F. The van der Waals surface area contributed by atoms with Gasteiger partial charge in [-0.15, -0.1) is 23.5 Å². The second kappa shape index (κ2) is 9.07. The van der Waals surface area contributed by atoms with Gasteiger partial charge in [0.05, 0.1) is 20.6 Å². The van der Waals surface area contributed by atoms with Crippen molar-refractivity contribution in [2.45, 2.75) is 41.1 Å². The van der Waals surface area contributed by atoms with E-state index in [-0.39, 0.29) is 35.7 Å². The van der Waals surface area contributed by atoms with Gasteiger partial charge in [-0.2, -0.15) is 26.3 Å². The Labute approximate surface area is 248 Å². The lowest BCUT2D eigenvalue weighted by molar-refractivity contribution is -0.258. The Kier molecular flexibility index (Phi) is 6.44. The van der Waals surface area contributed by atoms with Crippen LogP contribution in [-0.4, -0.2) is 27.3 Å². The average Bonchev–Trinajstić information content (AvgIpc) is 3.52. The fraction of sp³-hybridized carbons (Fsp3) is 0.259. The lowest BCUT2D eigenvalue weighted by Gasteiger charge is -2.47. The van der Waals surface area contributed by atoms with Crippen molar-refractivity contribution >= 4 is 33.3 Å². The van der Waals surface area contributed by atoms with Crippen LogP contribution in [0.15, 0.2) is 34.4 Å². The quantitative estimate of drug-likeness (QED) is 0.174. The molecule has 0 nitrogen and oxygen atoms in total. The maximum Gasteiger partial charge on any atom is 0.380 e. The molecule has 6 rings (SSSR count). The molecule has 2 aromatic carbocycles. The van der Waals surface area contributed by atoms with Crippen molar-refractivity contribution in [1.29, 1.82) is 0 Å². The molecular weight excluding hydrogens is 692 g/mol. The molecule has 0 N–H and O–H groups in total. The third-order valence-electron chi connectivity index (χ3n) is 8.24. The van der Waals surface area contributed by atoms with Gasteiger partial charge in [-0.1, -0.05) is 0 Å². The molecule has 0 amide bonds. The molecule has 18 heteroatoms. The van der Waals surface area contributed by atoms with E-state index in [9.17, 15) is 52.7 Å². The highest BCUT2D eigenvalue weighted by Crippen LogP contribution is 2.75. The van der Waals surface area contributed by atoms with Gasteiger partial charge in [0.2, 0.25) is 11.6 Å². The molecule has 0 aromatic heterocycles. The Balaban J connectivity index is 1.70. The van der Waals surface area contributed by atoms with Crippen molar-refractivity contribution in [1.82, 2.24) is 0 Å². The molecule has 240 valence electrons. The number of allylic oxidation sites excluding steroid dienone is 4. The lowest BCUT2D eigenvalue weighted by atomic mass is 9.71. The Morgan fingerprint density at radius 2 is 0.667 bits per heavy atom. The first-order valence-electron chi connectivity index (χ1n) is 12.0. The van der Waals surface area contributed by atoms with Crippen molar-refractivity contribution in [3.8, 4) is 0 Å². The minimum atomic E-state index is -6.21. The van der Waals surface area contributed by atoms with Crippen LogP contribution in [0.25, 0.3) is 9.81 Å². The zero-order valence-corrected chi connectivity index (χ0v) is 23.2. The zero-order valence-electron chi connectivity index (χ0n) is 21.5. The van der Waals surface area contributed by atoms with Crippen LogP contribution in [0.5, 0.6) is 0 Å². The molecule has 2 aromatic rings. The zero-order chi connectivity index (χ0) is 33.7. The predicted octanol–water partition coefficient (Wildman–Crippen LogP) is 10.00. The number of hydrogen-bond donors (Lipinski definition) is 0. The normalized spacial score (nSPS) is 27.5. The largest absolute Gasteiger partial charge is 0.380 e. The number of fused-ring (bicyclic) bond motifs is 4. The molecule has 2 atom stereocenters. The molecule has 2 aliphatic carbocycles. The first kappa shape index (κ1) is 31.9. The van der Waals surface area contributed by atoms with Crippen LogP contribution in [0, 0.1) is 58.2 Å². The second-order valence-corrected chi connectivity index (χ2v) is 13.4. The summed E-state index contributed by atoms with van der Waals surface area (Å²) in [6.45, 7) is 1.72. The van der Waals surface area contributed by atoms with Crippen molar-refractivity contribution in [3.05, 3.63) is 104 Å².